The maximum atomic E-state index is 14.0. The van der Waals surface area contributed by atoms with Crippen LogP contribution >= 0.6 is 0 Å². The van der Waals surface area contributed by atoms with Gasteiger partial charge in [-0.1, -0.05) is 36.4 Å². The van der Waals surface area contributed by atoms with Gasteiger partial charge in [-0.2, -0.15) is 0 Å². The van der Waals surface area contributed by atoms with Crippen LogP contribution in [0.1, 0.15) is 49.9 Å². The Morgan fingerprint density at radius 2 is 1.79 bits per heavy atom. The van der Waals surface area contributed by atoms with Gasteiger partial charge in [-0.3, -0.25) is 9.57 Å². The van der Waals surface area contributed by atoms with E-state index in [2.05, 4.69) is 0 Å². The average Bonchev–Trinajstić information content (AvgIpc) is 2.87. The van der Waals surface area contributed by atoms with E-state index < -0.39 is 44.9 Å². The number of fused-ring (bicyclic) bond motifs is 2. The molecule has 3 aliphatic heterocycles. The summed E-state index contributed by atoms with van der Waals surface area (Å²) in [6, 6.07) is 13.1. The van der Waals surface area contributed by atoms with Gasteiger partial charge >= 0.3 is 6.09 Å². The number of ether oxygens (including phenoxy) is 2. The van der Waals surface area contributed by atoms with Crippen LogP contribution in [-0.2, 0) is 30.4 Å². The fourth-order valence-electron chi connectivity index (χ4n) is 5.72. The van der Waals surface area contributed by atoms with Crippen molar-refractivity contribution in [2.45, 2.75) is 62.7 Å². The Morgan fingerprint density at radius 3 is 2.50 bits per heavy atom. The first-order valence-electron chi connectivity index (χ1n) is 12.9. The first-order chi connectivity index (χ1) is 17.9. The van der Waals surface area contributed by atoms with Gasteiger partial charge in [-0.05, 0) is 56.0 Å². The van der Waals surface area contributed by atoms with Crippen LogP contribution in [0.15, 0.2) is 48.5 Å². The number of carbonyl (C=O) groups is 2. The van der Waals surface area contributed by atoms with E-state index in [1.807, 2.05) is 24.3 Å². The van der Waals surface area contributed by atoms with E-state index in [9.17, 15) is 18.2 Å². The van der Waals surface area contributed by atoms with Crippen molar-refractivity contribution in [1.29, 1.82) is 4.78 Å². The van der Waals surface area contributed by atoms with Crippen LogP contribution in [0.5, 0.6) is 0 Å². The highest BCUT2D eigenvalue weighted by molar-refractivity contribution is 7.93. The van der Waals surface area contributed by atoms with Gasteiger partial charge in [0, 0.05) is 25.3 Å². The minimum atomic E-state index is -3.00. The van der Waals surface area contributed by atoms with Crippen LogP contribution in [0.4, 0.5) is 9.18 Å². The number of carbonyl (C=O) groups excluding carboxylic acids is 2. The number of hydrogen-bond acceptors (Lipinski definition) is 6. The molecule has 2 aromatic rings. The monoisotopic (exact) mass is 543 g/mol. The first-order valence-corrected chi connectivity index (χ1v) is 14.7. The highest BCUT2D eigenvalue weighted by Crippen LogP contribution is 2.38. The van der Waals surface area contributed by atoms with Crippen molar-refractivity contribution in [3.05, 3.63) is 71.0 Å². The molecule has 2 fully saturated rings. The number of benzene rings is 2. The average molecular weight is 544 g/mol. The van der Waals surface area contributed by atoms with Crippen LogP contribution in [0, 0.1) is 10.6 Å². The van der Waals surface area contributed by atoms with Crippen molar-refractivity contribution in [2.24, 2.45) is 0 Å². The number of rotatable bonds is 2. The normalized spacial score (nSPS) is 29.3. The molecule has 10 heteroatoms. The SMILES string of the molecule is CC(C)(C)OC(=O)N1CC[S@@](=N)(=O)[C@H]2CO[C@@H](C(=O)N3CCc4ccccc4[C@@H]3c3ccc(F)cc3)C[C@@H]21. The molecule has 0 bridgehead atoms. The van der Waals surface area contributed by atoms with E-state index in [1.165, 1.54) is 17.0 Å². The number of hydrogen-bond donors (Lipinski definition) is 1. The molecule has 38 heavy (non-hydrogen) atoms. The zero-order valence-electron chi connectivity index (χ0n) is 21.9. The third-order valence-corrected chi connectivity index (χ3v) is 9.74. The highest BCUT2D eigenvalue weighted by atomic mass is 32.2. The second kappa shape index (κ2) is 9.96. The molecule has 0 radical (unpaired) electrons. The zero-order chi connectivity index (χ0) is 27.2. The second-order valence-corrected chi connectivity index (χ2v) is 13.7. The topological polar surface area (TPSA) is 100 Å². The van der Waals surface area contributed by atoms with Crippen molar-refractivity contribution < 1.29 is 27.7 Å². The van der Waals surface area contributed by atoms with Crippen LogP contribution < -0.4 is 0 Å². The minimum Gasteiger partial charge on any atom is -0.444 e. The molecule has 0 spiro atoms. The lowest BCUT2D eigenvalue weighted by Crippen LogP contribution is -2.63. The van der Waals surface area contributed by atoms with Gasteiger partial charge in [0.1, 0.15) is 17.5 Å². The van der Waals surface area contributed by atoms with Gasteiger partial charge in [0.2, 0.25) is 0 Å². The standard InChI is InChI=1S/C28H34FN3O5S/c1-28(2,3)37-27(34)31-14-15-38(30,35)24-17-36-23(16-22(24)31)26(33)32-13-12-18-6-4-5-7-21(18)25(32)19-8-10-20(29)11-9-19/h4-11,22-25,30H,12-17H2,1-3H3/t22-,23+,24-,25-,38+/m0/s1. The summed E-state index contributed by atoms with van der Waals surface area (Å²) < 4.78 is 46.8. The fraction of sp³-hybridized carbons (Fsp3) is 0.500. The van der Waals surface area contributed by atoms with E-state index in [-0.39, 0.29) is 37.0 Å². The summed E-state index contributed by atoms with van der Waals surface area (Å²) in [5, 5.41) is -0.692. The molecule has 2 aromatic carbocycles. The molecule has 204 valence electrons. The Hall–Kier alpha value is -2.98. The number of halogens is 1. The molecular weight excluding hydrogens is 509 g/mol. The van der Waals surface area contributed by atoms with Gasteiger partial charge < -0.3 is 19.3 Å². The molecule has 2 amide bonds. The number of nitrogens with one attached hydrogen (secondary N) is 1. The molecule has 0 saturated carbocycles. The molecule has 0 unspecified atom stereocenters. The van der Waals surface area contributed by atoms with Crippen molar-refractivity contribution in [2.75, 3.05) is 25.4 Å². The Balaban J connectivity index is 1.44. The van der Waals surface area contributed by atoms with E-state index in [1.54, 1.807) is 37.8 Å². The fourth-order valence-corrected chi connectivity index (χ4v) is 7.55. The molecule has 5 rings (SSSR count). The largest absolute Gasteiger partial charge is 0.444 e. The highest BCUT2D eigenvalue weighted by Gasteiger charge is 2.49. The maximum absolute atomic E-state index is 14.0. The molecule has 0 aliphatic carbocycles. The molecule has 1 N–H and O–H groups in total. The first kappa shape index (κ1) is 26.6. The van der Waals surface area contributed by atoms with E-state index >= 15 is 0 Å². The summed E-state index contributed by atoms with van der Waals surface area (Å²) in [5.74, 6) is -0.542. The van der Waals surface area contributed by atoms with Gasteiger partial charge in [-0.15, -0.1) is 0 Å². The Bertz CT molecular complexity index is 1320. The quantitative estimate of drug-likeness (QED) is 0.614. The predicted molar refractivity (Wildman–Crippen MR) is 141 cm³/mol. The molecule has 8 nitrogen and oxygen atoms in total. The summed E-state index contributed by atoms with van der Waals surface area (Å²) in [7, 11) is -3.00. The van der Waals surface area contributed by atoms with Gasteiger partial charge in [0.25, 0.3) is 5.91 Å². The lowest BCUT2D eigenvalue weighted by molar-refractivity contribution is -0.151. The van der Waals surface area contributed by atoms with E-state index in [0.717, 1.165) is 16.7 Å². The molecule has 3 aliphatic rings. The lowest BCUT2D eigenvalue weighted by Gasteiger charge is -2.47. The van der Waals surface area contributed by atoms with Gasteiger partial charge in [-0.25, -0.2) is 13.4 Å². The van der Waals surface area contributed by atoms with Crippen molar-refractivity contribution in [1.82, 2.24) is 9.80 Å². The molecule has 5 atom stereocenters. The summed E-state index contributed by atoms with van der Waals surface area (Å²) in [6.07, 6.45) is -0.607. The van der Waals surface area contributed by atoms with Gasteiger partial charge in [0.15, 0.2) is 0 Å². The Morgan fingerprint density at radius 1 is 1.08 bits per heavy atom. The molecule has 0 aromatic heterocycles. The van der Waals surface area contributed by atoms with Crippen molar-refractivity contribution in [3.8, 4) is 0 Å². The maximum Gasteiger partial charge on any atom is 0.410 e. The van der Waals surface area contributed by atoms with Crippen LogP contribution in [-0.4, -0.2) is 74.5 Å². The smallest absolute Gasteiger partial charge is 0.410 e. The zero-order valence-corrected chi connectivity index (χ0v) is 22.7. The summed E-state index contributed by atoms with van der Waals surface area (Å²) in [5.41, 5.74) is 2.20. The number of nitrogens with zero attached hydrogens (tertiary/aromatic N) is 2. The van der Waals surface area contributed by atoms with Crippen LogP contribution in [0.25, 0.3) is 0 Å². The lowest BCUT2D eigenvalue weighted by atomic mass is 9.87. The number of amides is 2. The van der Waals surface area contributed by atoms with Crippen LogP contribution in [0.2, 0.25) is 0 Å². The summed E-state index contributed by atoms with van der Waals surface area (Å²) in [4.78, 5) is 30.4. The minimum absolute atomic E-state index is 0.0466. The Kier molecular flexibility index (Phi) is 6.98. The van der Waals surface area contributed by atoms with E-state index in [0.29, 0.717) is 13.0 Å². The van der Waals surface area contributed by atoms with Gasteiger partial charge in [0.05, 0.1) is 33.7 Å². The predicted octanol–water partition coefficient (Wildman–Crippen LogP) is 4.12. The Labute approximate surface area is 223 Å². The van der Waals surface area contributed by atoms with Crippen LogP contribution in [0.3, 0.4) is 0 Å². The molecule has 3 heterocycles. The summed E-state index contributed by atoms with van der Waals surface area (Å²) >= 11 is 0. The van der Waals surface area contributed by atoms with Crippen molar-refractivity contribution in [3.63, 3.8) is 0 Å². The molecule has 2 saturated heterocycles. The van der Waals surface area contributed by atoms with E-state index in [4.69, 9.17) is 14.3 Å². The second-order valence-electron chi connectivity index (χ2n) is 11.2. The third-order valence-electron chi connectivity index (χ3n) is 7.53. The molecular formula is C28H34FN3O5S. The van der Waals surface area contributed by atoms with Crippen molar-refractivity contribution >= 4 is 21.7 Å². The third kappa shape index (κ3) is 5.16. The summed E-state index contributed by atoms with van der Waals surface area (Å²) in [6.45, 7) is 5.87.